The van der Waals surface area contributed by atoms with E-state index in [4.69, 9.17) is 33.1 Å². The molecular formula is C54H28N10. The summed E-state index contributed by atoms with van der Waals surface area (Å²) in [5.41, 5.74) is 10.4. The quantitative estimate of drug-likeness (QED) is 0.154. The van der Waals surface area contributed by atoms with Crippen molar-refractivity contribution in [1.82, 2.24) is 29.1 Å². The van der Waals surface area contributed by atoms with E-state index in [1.165, 1.54) is 0 Å². The fourth-order valence-corrected chi connectivity index (χ4v) is 8.68. The fraction of sp³-hybridized carbons (Fsp3) is 0. The van der Waals surface area contributed by atoms with Crippen molar-refractivity contribution in [2.45, 2.75) is 0 Å². The smallest absolute Gasteiger partial charge is 0.188 e. The van der Waals surface area contributed by atoms with Crippen LogP contribution in [0, 0.1) is 35.8 Å². The Morgan fingerprint density at radius 3 is 1.44 bits per heavy atom. The predicted octanol–water partition coefficient (Wildman–Crippen LogP) is 13.0. The molecule has 0 aliphatic rings. The highest BCUT2D eigenvalue weighted by Gasteiger charge is 2.26. The minimum absolute atomic E-state index is 0.423. The lowest BCUT2D eigenvalue weighted by molar-refractivity contribution is 1.07. The van der Waals surface area contributed by atoms with Gasteiger partial charge in [-0.05, 0) is 89.6 Å². The summed E-state index contributed by atoms with van der Waals surface area (Å²) in [6.07, 6.45) is 1.77. The van der Waals surface area contributed by atoms with Gasteiger partial charge in [0.2, 0.25) is 0 Å². The number of rotatable bonds is 6. The van der Waals surface area contributed by atoms with Crippen molar-refractivity contribution in [2.75, 3.05) is 0 Å². The van der Waals surface area contributed by atoms with Gasteiger partial charge in [-0.15, -0.1) is 0 Å². The van der Waals surface area contributed by atoms with Gasteiger partial charge in [0, 0.05) is 39.2 Å². The molecule has 4 aromatic heterocycles. The normalized spacial score (nSPS) is 11.1. The molecule has 0 saturated heterocycles. The average Bonchev–Trinajstić information content (AvgIpc) is 3.87. The van der Waals surface area contributed by atoms with Crippen molar-refractivity contribution in [1.29, 1.82) is 10.5 Å². The summed E-state index contributed by atoms with van der Waals surface area (Å²) in [6, 6.07) is 56.6. The zero-order valence-electron chi connectivity index (χ0n) is 33.6. The summed E-state index contributed by atoms with van der Waals surface area (Å²) in [4.78, 5) is 28.2. The van der Waals surface area contributed by atoms with Crippen LogP contribution in [0.3, 0.4) is 0 Å². The molecule has 10 heteroatoms. The molecule has 64 heavy (non-hydrogen) atoms. The van der Waals surface area contributed by atoms with Crippen LogP contribution in [0.4, 0.5) is 11.4 Å². The van der Waals surface area contributed by atoms with E-state index in [1.54, 1.807) is 18.3 Å². The summed E-state index contributed by atoms with van der Waals surface area (Å²) in [7, 11) is 0. The van der Waals surface area contributed by atoms with Crippen LogP contribution in [0.25, 0.3) is 110 Å². The Balaban J connectivity index is 1.29. The summed E-state index contributed by atoms with van der Waals surface area (Å²) in [5.74, 6) is 1.43. The van der Waals surface area contributed by atoms with Crippen molar-refractivity contribution in [3.05, 3.63) is 204 Å². The van der Waals surface area contributed by atoms with Crippen LogP contribution >= 0.6 is 0 Å². The molecule has 11 rings (SSSR count). The minimum Gasteiger partial charge on any atom is -0.309 e. The van der Waals surface area contributed by atoms with Crippen molar-refractivity contribution in [2.24, 2.45) is 0 Å². The van der Waals surface area contributed by atoms with Crippen molar-refractivity contribution < 1.29 is 0 Å². The number of nitriles is 2. The molecule has 0 spiro atoms. The molecule has 10 nitrogen and oxygen atoms in total. The third-order valence-corrected chi connectivity index (χ3v) is 11.5. The van der Waals surface area contributed by atoms with E-state index >= 15 is 0 Å². The van der Waals surface area contributed by atoms with E-state index in [2.05, 4.69) is 31.0 Å². The molecule has 0 bridgehead atoms. The van der Waals surface area contributed by atoms with E-state index in [0.29, 0.717) is 56.8 Å². The largest absolute Gasteiger partial charge is 0.309 e. The lowest BCUT2D eigenvalue weighted by Crippen LogP contribution is -2.06. The van der Waals surface area contributed by atoms with E-state index < -0.39 is 0 Å². The average molecular weight is 817 g/mol. The standard InChI is InChI=1S/C54H28N10/c1-57-37-20-24-46-42(29-37)43-30-38(58-2)21-25-47(43)63(46)48-16-9-15-39(54-61-52(35-11-5-3-6-12-35)60-53(62-54)36-13-7-4-8-14-36)50(48)51-49(17-10-26-59-51)64-44-22-18-33(31-55)27-40(44)41-28-34(32-56)19-23-45(41)64/h3-30H. The van der Waals surface area contributed by atoms with Crippen LogP contribution in [0.5, 0.6) is 0 Å². The maximum absolute atomic E-state index is 9.97. The van der Waals surface area contributed by atoms with Crippen LogP contribution in [0.2, 0.25) is 0 Å². The zero-order valence-corrected chi connectivity index (χ0v) is 33.6. The Kier molecular flexibility index (Phi) is 8.77. The first kappa shape index (κ1) is 37.3. The topological polar surface area (TPSA) is 118 Å². The van der Waals surface area contributed by atoms with Gasteiger partial charge >= 0.3 is 0 Å². The van der Waals surface area contributed by atoms with Gasteiger partial charge in [-0.25, -0.2) is 24.6 Å². The van der Waals surface area contributed by atoms with Gasteiger partial charge in [0.25, 0.3) is 0 Å². The maximum atomic E-state index is 9.97. The molecule has 0 amide bonds. The lowest BCUT2D eigenvalue weighted by Gasteiger charge is -2.20. The summed E-state index contributed by atoms with van der Waals surface area (Å²) >= 11 is 0. The SMILES string of the molecule is [C-]#[N+]c1ccc2c(c1)c1cc([N+]#[C-])ccc1n2-c1cccc(-c2nc(-c3ccccc3)nc(-c3ccccc3)n2)c1-c1ncccc1-n1c2ccc(C#N)cc2c2cc(C#N)ccc21. The highest BCUT2D eigenvalue weighted by molar-refractivity contribution is 6.13. The van der Waals surface area contributed by atoms with Gasteiger partial charge in [0.1, 0.15) is 0 Å². The Labute approximate surface area is 366 Å². The van der Waals surface area contributed by atoms with Gasteiger partial charge in [-0.3, -0.25) is 4.98 Å². The van der Waals surface area contributed by atoms with Crippen molar-refractivity contribution in [3.8, 4) is 68.9 Å². The van der Waals surface area contributed by atoms with Crippen LogP contribution in [0.15, 0.2) is 170 Å². The number of nitrogens with zero attached hydrogens (tertiary/aromatic N) is 10. The summed E-state index contributed by atoms with van der Waals surface area (Å²) in [6.45, 7) is 15.7. The van der Waals surface area contributed by atoms with Gasteiger partial charge in [0.15, 0.2) is 28.8 Å². The van der Waals surface area contributed by atoms with E-state index in [-0.39, 0.29) is 0 Å². The van der Waals surface area contributed by atoms with E-state index in [0.717, 1.165) is 66.1 Å². The Hall–Kier alpha value is -9.74. The molecule has 0 atom stereocenters. The maximum Gasteiger partial charge on any atom is 0.188 e. The van der Waals surface area contributed by atoms with Crippen LogP contribution < -0.4 is 0 Å². The number of benzene rings is 7. The van der Waals surface area contributed by atoms with Crippen LogP contribution in [-0.2, 0) is 0 Å². The second-order valence-corrected chi connectivity index (χ2v) is 15.1. The Morgan fingerprint density at radius 2 is 0.922 bits per heavy atom. The monoisotopic (exact) mass is 816 g/mol. The molecule has 0 N–H and O–H groups in total. The van der Waals surface area contributed by atoms with Gasteiger partial charge < -0.3 is 9.13 Å². The zero-order chi connectivity index (χ0) is 43.3. The van der Waals surface area contributed by atoms with Crippen molar-refractivity contribution >= 4 is 55.0 Å². The molecular weight excluding hydrogens is 789 g/mol. The van der Waals surface area contributed by atoms with Gasteiger partial charge in [-0.1, -0.05) is 84.9 Å². The first-order valence-electron chi connectivity index (χ1n) is 20.2. The molecule has 0 radical (unpaired) electrons. The molecule has 0 aliphatic heterocycles. The highest BCUT2D eigenvalue weighted by Crippen LogP contribution is 2.45. The third kappa shape index (κ3) is 6.00. The van der Waals surface area contributed by atoms with Crippen LogP contribution in [-0.4, -0.2) is 29.1 Å². The predicted molar refractivity (Wildman–Crippen MR) is 250 cm³/mol. The molecule has 0 fully saturated rings. The number of pyridine rings is 1. The molecule has 294 valence electrons. The van der Waals surface area contributed by atoms with Gasteiger partial charge in [0.05, 0.1) is 75.5 Å². The second kappa shape index (κ2) is 15.1. The first-order chi connectivity index (χ1) is 31.5. The second-order valence-electron chi connectivity index (χ2n) is 15.1. The van der Waals surface area contributed by atoms with Crippen LogP contribution in [0.1, 0.15) is 11.1 Å². The van der Waals surface area contributed by atoms with Crippen molar-refractivity contribution in [3.63, 3.8) is 0 Å². The molecule has 7 aromatic carbocycles. The summed E-state index contributed by atoms with van der Waals surface area (Å²) in [5, 5.41) is 23.2. The Bertz CT molecular complexity index is 3690. The Morgan fingerprint density at radius 1 is 0.453 bits per heavy atom. The fourth-order valence-electron chi connectivity index (χ4n) is 8.68. The molecule has 11 aromatic rings. The van der Waals surface area contributed by atoms with E-state index in [1.807, 2.05) is 152 Å². The third-order valence-electron chi connectivity index (χ3n) is 11.5. The van der Waals surface area contributed by atoms with E-state index in [9.17, 15) is 10.5 Å². The molecule has 0 unspecified atom stereocenters. The number of fused-ring (bicyclic) bond motifs is 6. The number of hydrogen-bond acceptors (Lipinski definition) is 6. The number of aromatic nitrogens is 6. The molecule has 0 saturated carbocycles. The molecule has 0 aliphatic carbocycles. The van der Waals surface area contributed by atoms with Gasteiger partial charge in [-0.2, -0.15) is 10.5 Å². The molecule has 4 heterocycles. The minimum atomic E-state index is 0.423. The lowest BCUT2D eigenvalue weighted by atomic mass is 9.98. The first-order valence-corrected chi connectivity index (χ1v) is 20.2. The number of hydrogen-bond donors (Lipinski definition) is 0. The highest BCUT2D eigenvalue weighted by atomic mass is 15.1. The summed E-state index contributed by atoms with van der Waals surface area (Å²) < 4.78 is 4.29.